The summed E-state index contributed by atoms with van der Waals surface area (Å²) in [7, 11) is 0. The van der Waals surface area contributed by atoms with Crippen LogP contribution >= 0.6 is 0 Å². The molecule has 3 amide bonds. The summed E-state index contributed by atoms with van der Waals surface area (Å²) in [6.45, 7) is 1.90. The van der Waals surface area contributed by atoms with E-state index in [2.05, 4.69) is 11.2 Å². The highest BCUT2D eigenvalue weighted by atomic mass is 16.2. The monoisotopic (exact) mass is 364 g/mol. The molecule has 2 fully saturated rings. The lowest BCUT2D eigenvalue weighted by molar-refractivity contribution is -0.121. The van der Waals surface area contributed by atoms with E-state index in [0.29, 0.717) is 36.8 Å². The number of carbonyl (C=O) groups excluding carboxylic acids is 3. The van der Waals surface area contributed by atoms with Crippen LogP contribution in [0.15, 0.2) is 30.3 Å². The third kappa shape index (κ3) is 2.83. The highest BCUT2D eigenvalue weighted by Crippen LogP contribution is 2.39. The molecular weight excluding hydrogens is 344 g/mol. The molecule has 0 radical (unpaired) electrons. The molecule has 27 heavy (non-hydrogen) atoms. The Balaban J connectivity index is 1.32. The molecular formula is C20H20N4O3. The number of fused-ring (bicyclic) bond motifs is 1. The molecule has 2 aliphatic heterocycles. The lowest BCUT2D eigenvalue weighted by atomic mass is 10.1. The predicted molar refractivity (Wildman–Crippen MR) is 97.1 cm³/mol. The lowest BCUT2D eigenvalue weighted by Gasteiger charge is -2.28. The summed E-state index contributed by atoms with van der Waals surface area (Å²) in [5, 5.41) is 4.66. The average Bonchev–Trinajstić information content (AvgIpc) is 3.36. The largest absolute Gasteiger partial charge is 0.331 e. The number of aromatic nitrogens is 2. The van der Waals surface area contributed by atoms with Crippen molar-refractivity contribution in [3.63, 3.8) is 0 Å². The number of hydrogen-bond donors (Lipinski definition) is 0. The quantitative estimate of drug-likeness (QED) is 0.782. The van der Waals surface area contributed by atoms with Crippen molar-refractivity contribution in [3.8, 4) is 0 Å². The molecule has 0 spiro atoms. The molecule has 0 unspecified atom stereocenters. The minimum atomic E-state index is -0.185. The molecule has 7 nitrogen and oxygen atoms in total. The van der Waals surface area contributed by atoms with Gasteiger partial charge in [-0.15, -0.1) is 0 Å². The molecule has 3 heterocycles. The number of carbonyl (C=O) groups is 3. The van der Waals surface area contributed by atoms with E-state index in [4.69, 9.17) is 0 Å². The molecule has 7 heteroatoms. The van der Waals surface area contributed by atoms with Crippen LogP contribution in [0.1, 0.15) is 53.3 Å². The fraction of sp³-hybridized carbons (Fsp3) is 0.400. The van der Waals surface area contributed by atoms with Crippen molar-refractivity contribution in [3.05, 3.63) is 47.3 Å². The minimum Gasteiger partial charge on any atom is -0.331 e. The van der Waals surface area contributed by atoms with Gasteiger partial charge in [-0.2, -0.15) is 5.10 Å². The van der Waals surface area contributed by atoms with Gasteiger partial charge in [0, 0.05) is 30.9 Å². The highest BCUT2D eigenvalue weighted by molar-refractivity contribution is 6.19. The van der Waals surface area contributed by atoms with Crippen molar-refractivity contribution in [2.45, 2.75) is 44.7 Å². The van der Waals surface area contributed by atoms with E-state index >= 15 is 0 Å². The Hall–Kier alpha value is -2.96. The number of hydrogen-bond acceptors (Lipinski definition) is 4. The van der Waals surface area contributed by atoms with Gasteiger partial charge in [0.1, 0.15) is 0 Å². The number of amides is 3. The van der Waals surface area contributed by atoms with E-state index in [0.717, 1.165) is 11.4 Å². The third-order valence-corrected chi connectivity index (χ3v) is 5.52. The number of nitrogens with zero attached hydrogens (tertiary/aromatic N) is 4. The third-order valence-electron chi connectivity index (χ3n) is 5.52. The summed E-state index contributed by atoms with van der Waals surface area (Å²) < 4.78 is 2.02. The SMILES string of the molecule is O=C(c1ccc(N2C(=O)CCC2=O)cc1)N1CCn2nc(C3CC3)cc2C1. The first kappa shape index (κ1) is 16.2. The maximum atomic E-state index is 12.9. The summed E-state index contributed by atoms with van der Waals surface area (Å²) >= 11 is 0. The molecule has 0 N–H and O–H groups in total. The number of rotatable bonds is 3. The summed E-state index contributed by atoms with van der Waals surface area (Å²) in [5.74, 6) is 0.196. The first-order valence-corrected chi connectivity index (χ1v) is 9.42. The Morgan fingerprint density at radius 1 is 1.00 bits per heavy atom. The molecule has 1 aromatic carbocycles. The van der Waals surface area contributed by atoms with Crippen molar-refractivity contribution in [1.82, 2.24) is 14.7 Å². The molecule has 0 atom stereocenters. The van der Waals surface area contributed by atoms with Crippen molar-refractivity contribution in [2.24, 2.45) is 0 Å². The van der Waals surface area contributed by atoms with Gasteiger partial charge in [-0.25, -0.2) is 0 Å². The van der Waals surface area contributed by atoms with Crippen LogP contribution in [0.25, 0.3) is 0 Å². The summed E-state index contributed by atoms with van der Waals surface area (Å²) in [5.41, 5.74) is 3.34. The van der Waals surface area contributed by atoms with E-state index in [9.17, 15) is 14.4 Å². The first-order chi connectivity index (χ1) is 13.1. The van der Waals surface area contributed by atoms with Gasteiger partial charge in [-0.05, 0) is 43.2 Å². The summed E-state index contributed by atoms with van der Waals surface area (Å²) in [6, 6.07) is 8.86. The average molecular weight is 364 g/mol. The Bertz CT molecular complexity index is 927. The fourth-order valence-electron chi connectivity index (χ4n) is 3.84. The Morgan fingerprint density at radius 3 is 2.37 bits per heavy atom. The second-order valence-electron chi connectivity index (χ2n) is 7.45. The van der Waals surface area contributed by atoms with Gasteiger partial charge in [-0.3, -0.25) is 24.0 Å². The minimum absolute atomic E-state index is 0.0407. The molecule has 1 aromatic heterocycles. The van der Waals surface area contributed by atoms with Crippen molar-refractivity contribution >= 4 is 23.4 Å². The zero-order chi connectivity index (χ0) is 18.5. The fourth-order valence-corrected chi connectivity index (χ4v) is 3.84. The van der Waals surface area contributed by atoms with Gasteiger partial charge < -0.3 is 4.90 Å². The van der Waals surface area contributed by atoms with E-state index in [1.807, 2.05) is 9.58 Å². The maximum Gasteiger partial charge on any atom is 0.254 e. The predicted octanol–water partition coefficient (Wildman–Crippen LogP) is 2.07. The van der Waals surface area contributed by atoms with Crippen molar-refractivity contribution < 1.29 is 14.4 Å². The number of anilines is 1. The highest BCUT2D eigenvalue weighted by Gasteiger charge is 2.31. The second-order valence-corrected chi connectivity index (χ2v) is 7.45. The molecule has 3 aliphatic rings. The molecule has 138 valence electrons. The van der Waals surface area contributed by atoms with Crippen LogP contribution < -0.4 is 4.90 Å². The molecule has 1 aliphatic carbocycles. The second kappa shape index (κ2) is 6.04. The normalized spacial score (nSPS) is 19.6. The van der Waals surface area contributed by atoms with Crippen LogP contribution in [0, 0.1) is 0 Å². The van der Waals surface area contributed by atoms with Crippen molar-refractivity contribution in [1.29, 1.82) is 0 Å². The van der Waals surface area contributed by atoms with Crippen LogP contribution in [-0.2, 0) is 22.7 Å². The van der Waals surface area contributed by atoms with Crippen LogP contribution in [0.4, 0.5) is 5.69 Å². The number of benzene rings is 1. The number of imide groups is 1. The summed E-state index contributed by atoms with van der Waals surface area (Å²) in [4.78, 5) is 39.6. The van der Waals surface area contributed by atoms with Gasteiger partial charge in [0.25, 0.3) is 5.91 Å². The molecule has 0 bridgehead atoms. The van der Waals surface area contributed by atoms with Crippen LogP contribution in [-0.4, -0.2) is 38.9 Å². The molecule has 2 aromatic rings. The van der Waals surface area contributed by atoms with Crippen LogP contribution in [0.2, 0.25) is 0 Å². The van der Waals surface area contributed by atoms with Crippen LogP contribution in [0.3, 0.4) is 0 Å². The first-order valence-electron chi connectivity index (χ1n) is 9.42. The summed E-state index contributed by atoms with van der Waals surface area (Å²) in [6.07, 6.45) is 2.94. The van der Waals surface area contributed by atoms with Crippen LogP contribution in [0.5, 0.6) is 0 Å². The lowest BCUT2D eigenvalue weighted by Crippen LogP contribution is -2.38. The zero-order valence-corrected chi connectivity index (χ0v) is 14.9. The Kier molecular flexibility index (Phi) is 3.63. The van der Waals surface area contributed by atoms with Gasteiger partial charge in [0.05, 0.1) is 30.2 Å². The topological polar surface area (TPSA) is 75.5 Å². The Labute approximate surface area is 156 Å². The molecule has 1 saturated heterocycles. The van der Waals surface area contributed by atoms with E-state index in [1.54, 1.807) is 24.3 Å². The standard InChI is InChI=1S/C20H20N4O3/c25-18-7-8-19(26)24(18)15-5-3-14(4-6-15)20(27)22-9-10-23-16(12-22)11-17(21-23)13-1-2-13/h3-6,11,13H,1-2,7-10,12H2. The van der Waals surface area contributed by atoms with Crippen molar-refractivity contribution in [2.75, 3.05) is 11.4 Å². The van der Waals surface area contributed by atoms with Gasteiger partial charge in [0.15, 0.2) is 0 Å². The maximum absolute atomic E-state index is 12.9. The van der Waals surface area contributed by atoms with E-state index < -0.39 is 0 Å². The van der Waals surface area contributed by atoms with Gasteiger partial charge in [-0.1, -0.05) is 0 Å². The molecule has 1 saturated carbocycles. The van der Waals surface area contributed by atoms with Gasteiger partial charge >= 0.3 is 0 Å². The van der Waals surface area contributed by atoms with E-state index in [1.165, 1.54) is 17.7 Å². The molecule has 5 rings (SSSR count). The van der Waals surface area contributed by atoms with E-state index in [-0.39, 0.29) is 30.6 Å². The smallest absolute Gasteiger partial charge is 0.254 e. The Morgan fingerprint density at radius 2 is 1.70 bits per heavy atom. The zero-order valence-electron chi connectivity index (χ0n) is 14.9. The van der Waals surface area contributed by atoms with Gasteiger partial charge in [0.2, 0.25) is 11.8 Å².